The van der Waals surface area contributed by atoms with Crippen LogP contribution in [0.5, 0.6) is 0 Å². The molecule has 1 saturated heterocycles. The van der Waals surface area contributed by atoms with E-state index in [1.54, 1.807) is 6.08 Å². The van der Waals surface area contributed by atoms with Gasteiger partial charge in [-0.2, -0.15) is 0 Å². The Kier molecular flexibility index (Phi) is 39.9. The van der Waals surface area contributed by atoms with E-state index < -0.39 is 49.5 Å². The van der Waals surface area contributed by atoms with E-state index in [-0.39, 0.29) is 24.9 Å². The zero-order chi connectivity index (χ0) is 46.7. The van der Waals surface area contributed by atoms with Gasteiger partial charge in [-0.1, -0.05) is 158 Å². The van der Waals surface area contributed by atoms with Crippen molar-refractivity contribution in [1.29, 1.82) is 0 Å². The summed E-state index contributed by atoms with van der Waals surface area (Å²) in [6.45, 7) is 4.15. The molecule has 0 bridgehead atoms. The van der Waals surface area contributed by atoms with Gasteiger partial charge in [0.1, 0.15) is 24.4 Å². The fraction of sp³-hybridized carbons (Fsp3) is 0.774. The molecule has 0 aromatic carbocycles. The van der Waals surface area contributed by atoms with Crippen molar-refractivity contribution in [2.24, 2.45) is 0 Å². The van der Waals surface area contributed by atoms with Crippen LogP contribution in [0.2, 0.25) is 0 Å². The molecule has 7 atom stereocenters. The van der Waals surface area contributed by atoms with Gasteiger partial charge in [0.15, 0.2) is 6.29 Å². The van der Waals surface area contributed by atoms with Crippen LogP contribution in [0.4, 0.5) is 0 Å². The number of amides is 1. The molecule has 0 saturated carbocycles. The first kappa shape index (κ1) is 59.4. The Morgan fingerprint density at radius 2 is 1.08 bits per heavy atom. The summed E-state index contributed by atoms with van der Waals surface area (Å²) in [4.78, 5) is 24.9. The van der Waals surface area contributed by atoms with E-state index in [1.807, 2.05) is 18.2 Å². The lowest BCUT2D eigenvalue weighted by molar-refractivity contribution is -0.302. The summed E-state index contributed by atoms with van der Waals surface area (Å²) in [6, 6.07) is -0.871. The van der Waals surface area contributed by atoms with Gasteiger partial charge >= 0.3 is 5.97 Å². The van der Waals surface area contributed by atoms with Crippen LogP contribution in [0.15, 0.2) is 60.8 Å². The quantitative estimate of drug-likeness (QED) is 0.0197. The van der Waals surface area contributed by atoms with Crippen molar-refractivity contribution in [3.63, 3.8) is 0 Å². The van der Waals surface area contributed by atoms with Gasteiger partial charge in [0.25, 0.3) is 0 Å². The predicted octanol–water partition coefficient (Wildman–Crippen LogP) is 10.3. The van der Waals surface area contributed by atoms with Crippen molar-refractivity contribution in [3.05, 3.63) is 60.8 Å². The third-order valence-corrected chi connectivity index (χ3v) is 11.6. The summed E-state index contributed by atoms with van der Waals surface area (Å²) in [5.41, 5.74) is 0. The first-order chi connectivity index (χ1) is 31.2. The number of aliphatic hydroxyl groups is 5. The smallest absolute Gasteiger partial charge is 0.305 e. The Hall–Kier alpha value is -2.64. The Morgan fingerprint density at radius 3 is 1.67 bits per heavy atom. The summed E-state index contributed by atoms with van der Waals surface area (Å²) < 4.78 is 16.6. The first-order valence-electron chi connectivity index (χ1n) is 25.6. The maximum Gasteiger partial charge on any atom is 0.305 e. The van der Waals surface area contributed by atoms with Crippen LogP contribution in [0.3, 0.4) is 0 Å². The zero-order valence-electron chi connectivity index (χ0n) is 40.2. The molecular weight excluding hydrogens is 811 g/mol. The Morgan fingerprint density at radius 1 is 0.578 bits per heavy atom. The summed E-state index contributed by atoms with van der Waals surface area (Å²) in [7, 11) is 0. The molecule has 6 N–H and O–H groups in total. The molecular formula is C53H93NO10. The average molecular weight is 904 g/mol. The monoisotopic (exact) mass is 904 g/mol. The van der Waals surface area contributed by atoms with Gasteiger partial charge in [0.05, 0.1) is 32.0 Å². The minimum Gasteiger partial charge on any atom is -0.466 e. The molecule has 64 heavy (non-hydrogen) atoms. The molecule has 0 spiro atoms. The molecule has 1 heterocycles. The van der Waals surface area contributed by atoms with Crippen LogP contribution >= 0.6 is 0 Å². The lowest BCUT2D eigenvalue weighted by Crippen LogP contribution is -2.60. The van der Waals surface area contributed by atoms with Gasteiger partial charge in [0, 0.05) is 12.8 Å². The lowest BCUT2D eigenvalue weighted by atomic mass is 9.99. The maximum absolute atomic E-state index is 12.9. The Bertz CT molecular complexity index is 1250. The van der Waals surface area contributed by atoms with Crippen LogP contribution < -0.4 is 5.32 Å². The highest BCUT2D eigenvalue weighted by Crippen LogP contribution is 2.22. The van der Waals surface area contributed by atoms with Gasteiger partial charge in [-0.25, -0.2) is 0 Å². The largest absolute Gasteiger partial charge is 0.466 e. The molecule has 1 aliphatic rings. The highest BCUT2D eigenvalue weighted by Gasteiger charge is 2.44. The maximum atomic E-state index is 12.9. The second-order valence-electron chi connectivity index (χ2n) is 17.5. The minimum absolute atomic E-state index is 0.0512. The molecule has 11 heteroatoms. The van der Waals surface area contributed by atoms with E-state index in [2.05, 4.69) is 55.6 Å². The number of hydrogen-bond acceptors (Lipinski definition) is 10. The topological polar surface area (TPSA) is 175 Å². The van der Waals surface area contributed by atoms with Crippen LogP contribution in [-0.4, -0.2) is 100 Å². The van der Waals surface area contributed by atoms with Crippen LogP contribution in [0.25, 0.3) is 0 Å². The fourth-order valence-corrected chi connectivity index (χ4v) is 7.43. The van der Waals surface area contributed by atoms with Gasteiger partial charge in [0.2, 0.25) is 5.91 Å². The molecule has 7 unspecified atom stereocenters. The van der Waals surface area contributed by atoms with Crippen molar-refractivity contribution in [3.8, 4) is 0 Å². The van der Waals surface area contributed by atoms with Gasteiger partial charge in [-0.3, -0.25) is 9.59 Å². The van der Waals surface area contributed by atoms with E-state index in [4.69, 9.17) is 14.2 Å². The predicted molar refractivity (Wildman–Crippen MR) is 260 cm³/mol. The third-order valence-electron chi connectivity index (χ3n) is 11.6. The van der Waals surface area contributed by atoms with E-state index >= 15 is 0 Å². The number of unbranched alkanes of at least 4 members (excludes halogenated alkanes) is 20. The molecule has 0 aliphatic carbocycles. The fourth-order valence-electron chi connectivity index (χ4n) is 7.43. The van der Waals surface area contributed by atoms with E-state index in [1.165, 1.54) is 96.3 Å². The highest BCUT2D eigenvalue weighted by atomic mass is 16.7. The Labute approximate surface area is 388 Å². The minimum atomic E-state index is -1.59. The van der Waals surface area contributed by atoms with Crippen molar-refractivity contribution in [2.75, 3.05) is 19.8 Å². The number of rotatable bonds is 42. The zero-order valence-corrected chi connectivity index (χ0v) is 40.2. The number of esters is 1. The molecule has 1 aliphatic heterocycles. The second-order valence-corrected chi connectivity index (χ2v) is 17.5. The Balaban J connectivity index is 2.22. The van der Waals surface area contributed by atoms with Gasteiger partial charge in [-0.05, 0) is 89.9 Å². The number of ether oxygens (including phenoxy) is 3. The molecule has 0 aromatic rings. The number of carbonyl (C=O) groups is 2. The van der Waals surface area contributed by atoms with Crippen LogP contribution in [0.1, 0.15) is 200 Å². The second kappa shape index (κ2) is 43.0. The van der Waals surface area contributed by atoms with Crippen molar-refractivity contribution in [1.82, 2.24) is 5.32 Å². The van der Waals surface area contributed by atoms with Crippen LogP contribution in [-0.2, 0) is 23.8 Å². The molecule has 370 valence electrons. The molecule has 0 aromatic heterocycles. The number of aliphatic hydroxyl groups excluding tert-OH is 5. The molecule has 1 fully saturated rings. The molecule has 1 rings (SSSR count). The normalized spacial score (nSPS) is 20.4. The number of carbonyl (C=O) groups excluding carboxylic acids is 2. The molecule has 11 nitrogen and oxygen atoms in total. The average Bonchev–Trinajstić information content (AvgIpc) is 3.29. The SMILES string of the molecule is CCCCCC/C=C\CCCCCCCC(=O)OCCCCCCCC/C=C\C/C=C\CCC(=O)NC(COC1OC(CO)C(O)C(O)C1O)C(O)/C=C/CC/C=C/CCCCCC. The summed E-state index contributed by atoms with van der Waals surface area (Å²) >= 11 is 0. The van der Waals surface area contributed by atoms with E-state index in [9.17, 15) is 35.1 Å². The van der Waals surface area contributed by atoms with Crippen molar-refractivity contribution < 1.29 is 49.3 Å². The number of allylic oxidation sites excluding steroid dienone is 9. The van der Waals surface area contributed by atoms with Gasteiger partial charge in [-0.15, -0.1) is 0 Å². The van der Waals surface area contributed by atoms with Crippen molar-refractivity contribution >= 4 is 11.9 Å². The first-order valence-corrected chi connectivity index (χ1v) is 25.6. The van der Waals surface area contributed by atoms with E-state index in [0.29, 0.717) is 19.4 Å². The lowest BCUT2D eigenvalue weighted by Gasteiger charge is -2.40. The third kappa shape index (κ3) is 32.9. The number of nitrogens with one attached hydrogen (secondary N) is 1. The molecule has 1 amide bonds. The summed E-state index contributed by atoms with van der Waals surface area (Å²) in [5.74, 6) is -0.328. The standard InChI is InChI=1S/C53H93NO10/c1-3-5-7-9-11-13-15-17-21-25-29-33-37-41-49(58)62-42-38-34-30-26-22-19-16-18-20-24-28-32-36-40-48(57)54-45(44-63-53-52(61)51(60)50(59)47(43-55)64-53)46(56)39-35-31-27-23-14-12-10-8-6-4-2/h13-15,18,20,23,28,32,35,39,45-47,50-53,55-56,59-61H,3-12,16-17,19,21-22,24-27,29-31,33-34,36-38,40-44H2,1-2H3,(H,54,57)/b15-13-,20-18-,23-14+,32-28-,39-35+. The van der Waals surface area contributed by atoms with Crippen molar-refractivity contribution in [2.45, 2.75) is 243 Å². The summed E-state index contributed by atoms with van der Waals surface area (Å²) in [6.07, 6.45) is 43.2. The van der Waals surface area contributed by atoms with Gasteiger partial charge < -0.3 is 45.1 Å². The van der Waals surface area contributed by atoms with Crippen LogP contribution in [0, 0.1) is 0 Å². The number of hydrogen-bond donors (Lipinski definition) is 6. The highest BCUT2D eigenvalue weighted by molar-refractivity contribution is 5.76. The van der Waals surface area contributed by atoms with E-state index in [0.717, 1.165) is 70.6 Å². The molecule has 0 radical (unpaired) electrons. The summed E-state index contributed by atoms with van der Waals surface area (Å²) in [5, 5.41) is 54.0.